The summed E-state index contributed by atoms with van der Waals surface area (Å²) in [6.07, 6.45) is 5.38. The standard InChI is InChI=1S/C11H15N7S/c1-7-4-14-8(5-13-7)6-15-9-3-10(18-12)17-11(16-9)19-2/h3-5H,6,12H2,1-2H3,(H2,15,16,17,18). The van der Waals surface area contributed by atoms with Crippen molar-refractivity contribution < 1.29 is 0 Å². The average molecular weight is 277 g/mol. The van der Waals surface area contributed by atoms with E-state index in [0.717, 1.165) is 11.4 Å². The summed E-state index contributed by atoms with van der Waals surface area (Å²) < 4.78 is 0. The summed E-state index contributed by atoms with van der Waals surface area (Å²) >= 11 is 1.45. The number of thioether (sulfide) groups is 1. The topological polar surface area (TPSA) is 102 Å². The summed E-state index contributed by atoms with van der Waals surface area (Å²) in [7, 11) is 0. The Hall–Kier alpha value is -1.93. The fourth-order valence-electron chi connectivity index (χ4n) is 1.37. The summed E-state index contributed by atoms with van der Waals surface area (Å²) in [6.45, 7) is 2.45. The molecule has 19 heavy (non-hydrogen) atoms. The third-order valence-electron chi connectivity index (χ3n) is 2.32. The van der Waals surface area contributed by atoms with Crippen molar-refractivity contribution in [3.8, 4) is 0 Å². The van der Waals surface area contributed by atoms with E-state index < -0.39 is 0 Å². The van der Waals surface area contributed by atoms with E-state index >= 15 is 0 Å². The molecule has 2 aromatic rings. The van der Waals surface area contributed by atoms with Gasteiger partial charge in [0.15, 0.2) is 5.16 Å². The predicted molar refractivity (Wildman–Crippen MR) is 75.7 cm³/mol. The maximum absolute atomic E-state index is 5.37. The van der Waals surface area contributed by atoms with Gasteiger partial charge in [-0.1, -0.05) is 11.8 Å². The van der Waals surface area contributed by atoms with Crippen LogP contribution in [0.3, 0.4) is 0 Å². The van der Waals surface area contributed by atoms with Gasteiger partial charge in [-0.05, 0) is 13.2 Å². The fourth-order valence-corrected chi connectivity index (χ4v) is 1.75. The van der Waals surface area contributed by atoms with Crippen molar-refractivity contribution in [3.63, 3.8) is 0 Å². The number of hydrogen-bond donors (Lipinski definition) is 3. The number of aryl methyl sites for hydroxylation is 1. The summed E-state index contributed by atoms with van der Waals surface area (Å²) in [5.74, 6) is 6.62. The van der Waals surface area contributed by atoms with Gasteiger partial charge in [0.1, 0.15) is 11.6 Å². The Labute approximate surface area is 115 Å². The first-order valence-electron chi connectivity index (χ1n) is 5.62. The average Bonchev–Trinajstić information content (AvgIpc) is 2.46. The van der Waals surface area contributed by atoms with Gasteiger partial charge in [0.25, 0.3) is 0 Å². The highest BCUT2D eigenvalue weighted by atomic mass is 32.2. The largest absolute Gasteiger partial charge is 0.364 e. The zero-order valence-corrected chi connectivity index (χ0v) is 11.5. The lowest BCUT2D eigenvalue weighted by Crippen LogP contribution is -2.11. The second-order valence-electron chi connectivity index (χ2n) is 3.77. The minimum atomic E-state index is 0.544. The molecule has 0 fully saturated rings. The van der Waals surface area contributed by atoms with Crippen LogP contribution in [0, 0.1) is 6.92 Å². The smallest absolute Gasteiger partial charge is 0.191 e. The monoisotopic (exact) mass is 277 g/mol. The Morgan fingerprint density at radius 2 is 2.00 bits per heavy atom. The van der Waals surface area contributed by atoms with E-state index in [0.29, 0.717) is 23.3 Å². The number of nitrogens with one attached hydrogen (secondary N) is 2. The van der Waals surface area contributed by atoms with Gasteiger partial charge in [-0.25, -0.2) is 15.8 Å². The molecule has 8 heteroatoms. The molecule has 2 heterocycles. The number of hydrazine groups is 1. The lowest BCUT2D eigenvalue weighted by Gasteiger charge is -2.08. The molecule has 7 nitrogen and oxygen atoms in total. The molecule has 0 spiro atoms. The summed E-state index contributed by atoms with van der Waals surface area (Å²) in [6, 6.07) is 1.74. The van der Waals surface area contributed by atoms with Gasteiger partial charge in [-0.3, -0.25) is 9.97 Å². The quantitative estimate of drug-likeness (QED) is 0.324. The molecule has 0 radical (unpaired) electrons. The molecule has 0 saturated heterocycles. The van der Waals surface area contributed by atoms with Gasteiger partial charge in [0, 0.05) is 12.3 Å². The number of nitrogens with zero attached hydrogens (tertiary/aromatic N) is 4. The van der Waals surface area contributed by atoms with Crippen molar-refractivity contribution in [2.75, 3.05) is 17.0 Å². The van der Waals surface area contributed by atoms with Crippen molar-refractivity contribution in [3.05, 3.63) is 29.8 Å². The van der Waals surface area contributed by atoms with Crippen molar-refractivity contribution in [1.82, 2.24) is 19.9 Å². The molecule has 0 aliphatic rings. The summed E-state index contributed by atoms with van der Waals surface area (Å²) in [5.41, 5.74) is 4.25. The molecule has 0 saturated carbocycles. The first-order valence-corrected chi connectivity index (χ1v) is 6.85. The van der Waals surface area contributed by atoms with Gasteiger partial charge >= 0.3 is 0 Å². The van der Waals surface area contributed by atoms with Crippen LogP contribution in [0.15, 0.2) is 23.6 Å². The fraction of sp³-hybridized carbons (Fsp3) is 0.273. The molecule has 100 valence electrons. The van der Waals surface area contributed by atoms with Crippen molar-refractivity contribution in [1.29, 1.82) is 0 Å². The maximum Gasteiger partial charge on any atom is 0.191 e. The number of rotatable bonds is 5. The molecule has 2 aromatic heterocycles. The number of hydrogen-bond acceptors (Lipinski definition) is 8. The Morgan fingerprint density at radius 1 is 1.21 bits per heavy atom. The van der Waals surface area contributed by atoms with Gasteiger partial charge in [-0.15, -0.1) is 0 Å². The van der Waals surface area contributed by atoms with Crippen LogP contribution in [0.5, 0.6) is 0 Å². The number of aromatic nitrogens is 4. The van der Waals surface area contributed by atoms with Crippen LogP contribution in [0.2, 0.25) is 0 Å². The number of nitrogen functional groups attached to an aromatic ring is 1. The van der Waals surface area contributed by atoms with Gasteiger partial charge < -0.3 is 10.7 Å². The van der Waals surface area contributed by atoms with Crippen LogP contribution in [0.4, 0.5) is 11.6 Å². The molecular weight excluding hydrogens is 262 g/mol. The Bertz CT molecular complexity index is 521. The highest BCUT2D eigenvalue weighted by Gasteiger charge is 2.03. The van der Waals surface area contributed by atoms with E-state index in [1.165, 1.54) is 11.8 Å². The third kappa shape index (κ3) is 3.76. The molecule has 0 atom stereocenters. The highest BCUT2D eigenvalue weighted by molar-refractivity contribution is 7.98. The van der Waals surface area contributed by atoms with Crippen LogP contribution in [0.25, 0.3) is 0 Å². The van der Waals surface area contributed by atoms with Crippen molar-refractivity contribution >= 4 is 23.4 Å². The van der Waals surface area contributed by atoms with E-state index in [4.69, 9.17) is 5.84 Å². The second kappa shape index (κ2) is 6.30. The van der Waals surface area contributed by atoms with E-state index in [-0.39, 0.29) is 0 Å². The molecule has 0 unspecified atom stereocenters. The first kappa shape index (κ1) is 13.5. The molecule has 4 N–H and O–H groups in total. The Morgan fingerprint density at radius 3 is 2.63 bits per heavy atom. The Balaban J connectivity index is 2.08. The minimum absolute atomic E-state index is 0.544. The van der Waals surface area contributed by atoms with Gasteiger partial charge in [-0.2, -0.15) is 0 Å². The van der Waals surface area contributed by atoms with E-state index in [2.05, 4.69) is 30.7 Å². The molecule has 2 rings (SSSR count). The maximum atomic E-state index is 5.37. The first-order chi connectivity index (χ1) is 9.21. The predicted octanol–water partition coefficient (Wildman–Crippen LogP) is 1.19. The number of nitrogens with two attached hydrogens (primary N) is 1. The lowest BCUT2D eigenvalue weighted by molar-refractivity contribution is 0.933. The SMILES string of the molecule is CSc1nc(NN)cc(NCc2cnc(C)cn2)n1. The third-order valence-corrected chi connectivity index (χ3v) is 2.87. The minimum Gasteiger partial charge on any atom is -0.364 e. The molecule has 0 aliphatic carbocycles. The molecule has 0 amide bonds. The second-order valence-corrected chi connectivity index (χ2v) is 4.55. The zero-order chi connectivity index (χ0) is 13.7. The van der Waals surface area contributed by atoms with Crippen LogP contribution >= 0.6 is 11.8 Å². The van der Waals surface area contributed by atoms with E-state index in [1.54, 1.807) is 18.5 Å². The molecular formula is C11H15N7S. The molecule has 0 aromatic carbocycles. The summed E-state index contributed by atoms with van der Waals surface area (Å²) in [4.78, 5) is 17.0. The molecule has 0 aliphatic heterocycles. The number of anilines is 2. The molecule has 0 bridgehead atoms. The lowest BCUT2D eigenvalue weighted by atomic mass is 10.4. The van der Waals surface area contributed by atoms with E-state index in [9.17, 15) is 0 Å². The van der Waals surface area contributed by atoms with Crippen LogP contribution in [-0.2, 0) is 6.54 Å². The van der Waals surface area contributed by atoms with Crippen LogP contribution < -0.4 is 16.6 Å². The van der Waals surface area contributed by atoms with Crippen molar-refractivity contribution in [2.45, 2.75) is 18.6 Å². The Kier molecular flexibility index (Phi) is 4.48. The van der Waals surface area contributed by atoms with Crippen molar-refractivity contribution in [2.24, 2.45) is 5.84 Å². The zero-order valence-electron chi connectivity index (χ0n) is 10.7. The normalized spacial score (nSPS) is 10.3. The van der Waals surface area contributed by atoms with Gasteiger partial charge in [0.2, 0.25) is 0 Å². The van der Waals surface area contributed by atoms with Crippen LogP contribution in [-0.4, -0.2) is 26.2 Å². The summed E-state index contributed by atoms with van der Waals surface area (Å²) in [5, 5.41) is 3.81. The van der Waals surface area contributed by atoms with Crippen LogP contribution in [0.1, 0.15) is 11.4 Å². The van der Waals surface area contributed by atoms with Gasteiger partial charge in [0.05, 0.1) is 24.1 Å². The van der Waals surface area contributed by atoms with E-state index in [1.807, 2.05) is 13.2 Å². The highest BCUT2D eigenvalue weighted by Crippen LogP contribution is 2.16.